The molecule has 12 rings (SSSR count). The van der Waals surface area contributed by atoms with Crippen LogP contribution in [0.4, 0.5) is 17.1 Å². The van der Waals surface area contributed by atoms with Gasteiger partial charge in [-0.05, 0) is 139 Å². The van der Waals surface area contributed by atoms with E-state index in [1.165, 1.54) is 87.9 Å². The van der Waals surface area contributed by atoms with Gasteiger partial charge in [0.15, 0.2) is 0 Å². The first-order chi connectivity index (χ1) is 31.8. The Labute approximate surface area is 373 Å². The number of para-hydroxylation sites is 2. The third-order valence-corrected chi connectivity index (χ3v) is 12.7. The van der Waals surface area contributed by atoms with Gasteiger partial charge in [0.1, 0.15) is 0 Å². The maximum atomic E-state index is 2.40. The summed E-state index contributed by atoms with van der Waals surface area (Å²) in [4.78, 5) is 2.39. The van der Waals surface area contributed by atoms with Gasteiger partial charge in [-0.15, -0.1) is 0 Å². The SMILES string of the molecule is c1ccc(-c2cccc(-c3ccc4c(c3)c3cc(N(c5ccccc5)c5ccc(-c6c7ccccc7c(-c7ccccc7)c7ccccc67)cc5)ccc3n4-c3ccccc3)c2)cc1. The predicted octanol–water partition coefficient (Wildman–Crippen LogP) is 17.2. The zero-order valence-corrected chi connectivity index (χ0v) is 35.1. The van der Waals surface area contributed by atoms with E-state index in [0.29, 0.717) is 0 Å². The minimum Gasteiger partial charge on any atom is -0.310 e. The fraction of sp³-hybridized carbons (Fsp3) is 0. The average molecular weight is 815 g/mol. The summed E-state index contributed by atoms with van der Waals surface area (Å²) in [6.45, 7) is 0. The largest absolute Gasteiger partial charge is 0.310 e. The van der Waals surface area contributed by atoms with Gasteiger partial charge in [-0.1, -0.05) is 182 Å². The van der Waals surface area contributed by atoms with E-state index in [2.05, 4.69) is 264 Å². The Morgan fingerprint density at radius 1 is 0.234 bits per heavy atom. The van der Waals surface area contributed by atoms with Crippen LogP contribution in [0.2, 0.25) is 0 Å². The first kappa shape index (κ1) is 37.3. The lowest BCUT2D eigenvalue weighted by Gasteiger charge is -2.26. The molecular weight excluding hydrogens is 773 g/mol. The van der Waals surface area contributed by atoms with Gasteiger partial charge in [0, 0.05) is 33.5 Å². The van der Waals surface area contributed by atoms with Crippen molar-refractivity contribution in [3.63, 3.8) is 0 Å². The number of rotatable bonds is 8. The van der Waals surface area contributed by atoms with Crippen molar-refractivity contribution in [3.05, 3.63) is 255 Å². The molecule has 0 amide bonds. The van der Waals surface area contributed by atoms with Gasteiger partial charge in [0.05, 0.1) is 11.0 Å². The quantitative estimate of drug-likeness (QED) is 0.139. The van der Waals surface area contributed by atoms with Crippen LogP contribution in [0.15, 0.2) is 255 Å². The number of benzene rings is 11. The van der Waals surface area contributed by atoms with E-state index in [4.69, 9.17) is 0 Å². The summed E-state index contributed by atoms with van der Waals surface area (Å²) in [5.74, 6) is 0. The summed E-state index contributed by atoms with van der Waals surface area (Å²) in [5.41, 5.74) is 16.5. The topological polar surface area (TPSA) is 8.17 Å². The molecule has 0 unspecified atom stereocenters. The third kappa shape index (κ3) is 6.44. The molecule has 12 aromatic rings. The first-order valence-corrected chi connectivity index (χ1v) is 22.0. The molecule has 0 aliphatic rings. The molecule has 0 fully saturated rings. The second-order valence-electron chi connectivity index (χ2n) is 16.5. The lowest BCUT2D eigenvalue weighted by Crippen LogP contribution is -2.09. The molecule has 0 aliphatic heterocycles. The van der Waals surface area contributed by atoms with Crippen LogP contribution >= 0.6 is 0 Å². The highest BCUT2D eigenvalue weighted by atomic mass is 15.1. The fourth-order valence-corrected chi connectivity index (χ4v) is 9.85. The van der Waals surface area contributed by atoms with Crippen LogP contribution in [0.1, 0.15) is 0 Å². The Morgan fingerprint density at radius 3 is 1.22 bits per heavy atom. The monoisotopic (exact) mass is 814 g/mol. The molecule has 0 atom stereocenters. The molecule has 1 aromatic heterocycles. The minimum atomic E-state index is 1.09. The molecule has 11 aromatic carbocycles. The Morgan fingerprint density at radius 2 is 0.625 bits per heavy atom. The van der Waals surface area contributed by atoms with Gasteiger partial charge in [-0.2, -0.15) is 0 Å². The van der Waals surface area contributed by atoms with Crippen molar-refractivity contribution in [3.8, 4) is 50.2 Å². The lowest BCUT2D eigenvalue weighted by atomic mass is 9.86. The number of nitrogens with zero attached hydrogens (tertiary/aromatic N) is 2. The fourth-order valence-electron chi connectivity index (χ4n) is 9.85. The van der Waals surface area contributed by atoms with Crippen LogP contribution in [0.3, 0.4) is 0 Å². The van der Waals surface area contributed by atoms with Crippen molar-refractivity contribution in [2.24, 2.45) is 0 Å². The van der Waals surface area contributed by atoms with E-state index in [0.717, 1.165) is 22.7 Å². The molecule has 1 heterocycles. The molecule has 2 heteroatoms. The van der Waals surface area contributed by atoms with E-state index >= 15 is 0 Å². The van der Waals surface area contributed by atoms with Crippen LogP contribution in [-0.2, 0) is 0 Å². The average Bonchev–Trinajstić information content (AvgIpc) is 3.70. The Balaban J connectivity index is 1.02. The van der Waals surface area contributed by atoms with Crippen LogP contribution < -0.4 is 4.90 Å². The van der Waals surface area contributed by atoms with Crippen molar-refractivity contribution in [2.75, 3.05) is 4.90 Å². The molecular formula is C62H42N2. The van der Waals surface area contributed by atoms with Crippen molar-refractivity contribution in [2.45, 2.75) is 0 Å². The summed E-state index contributed by atoms with van der Waals surface area (Å²) >= 11 is 0. The highest BCUT2D eigenvalue weighted by Gasteiger charge is 2.20. The third-order valence-electron chi connectivity index (χ3n) is 12.7. The number of hydrogen-bond donors (Lipinski definition) is 0. The Kier molecular flexibility index (Phi) is 9.20. The minimum absolute atomic E-state index is 1.09. The van der Waals surface area contributed by atoms with E-state index in [9.17, 15) is 0 Å². The highest BCUT2D eigenvalue weighted by Crippen LogP contribution is 2.45. The summed E-state index contributed by atoms with van der Waals surface area (Å²) in [6, 6.07) is 92.6. The molecule has 0 aliphatic carbocycles. The van der Waals surface area contributed by atoms with Crippen molar-refractivity contribution < 1.29 is 0 Å². The molecule has 0 bridgehead atoms. The molecule has 0 saturated carbocycles. The van der Waals surface area contributed by atoms with Crippen molar-refractivity contribution in [1.82, 2.24) is 4.57 Å². The summed E-state index contributed by atoms with van der Waals surface area (Å²) in [6.07, 6.45) is 0. The van der Waals surface area contributed by atoms with Crippen molar-refractivity contribution >= 4 is 60.4 Å². The van der Waals surface area contributed by atoms with E-state index in [1.54, 1.807) is 0 Å². The van der Waals surface area contributed by atoms with Crippen molar-refractivity contribution in [1.29, 1.82) is 0 Å². The molecule has 0 spiro atoms. The molecule has 64 heavy (non-hydrogen) atoms. The smallest absolute Gasteiger partial charge is 0.0542 e. The summed E-state index contributed by atoms with van der Waals surface area (Å²) in [5, 5.41) is 7.42. The standard InChI is InChI=1S/C62H42N2/c1-5-18-43(19-6-1)46-22-17-23-47(40-46)48-34-38-59-57(41-48)58-42-52(37-39-60(58)64(59)50-26-11-4-12-27-50)63(49-24-9-3-10-25-49)51-35-32-45(33-36-51)62-55-30-15-13-28-53(55)61(44-20-7-2-8-21-44)54-29-14-16-31-56(54)62/h1-42H. The van der Waals surface area contributed by atoms with Gasteiger partial charge in [0.25, 0.3) is 0 Å². The van der Waals surface area contributed by atoms with Gasteiger partial charge >= 0.3 is 0 Å². The number of hydrogen-bond acceptors (Lipinski definition) is 1. The number of fused-ring (bicyclic) bond motifs is 5. The van der Waals surface area contributed by atoms with Crippen LogP contribution in [0, 0.1) is 0 Å². The zero-order chi connectivity index (χ0) is 42.4. The summed E-state index contributed by atoms with van der Waals surface area (Å²) < 4.78 is 2.40. The maximum Gasteiger partial charge on any atom is 0.0542 e. The second kappa shape index (κ2) is 15.8. The molecule has 300 valence electrons. The zero-order valence-electron chi connectivity index (χ0n) is 35.1. The van der Waals surface area contributed by atoms with E-state index in [-0.39, 0.29) is 0 Å². The number of anilines is 3. The number of aromatic nitrogens is 1. The Hall–Kier alpha value is -8.46. The van der Waals surface area contributed by atoms with Gasteiger partial charge in [-0.3, -0.25) is 0 Å². The summed E-state index contributed by atoms with van der Waals surface area (Å²) in [7, 11) is 0. The van der Waals surface area contributed by atoms with E-state index in [1.807, 2.05) is 0 Å². The van der Waals surface area contributed by atoms with Gasteiger partial charge in [-0.25, -0.2) is 0 Å². The van der Waals surface area contributed by atoms with E-state index < -0.39 is 0 Å². The molecule has 0 radical (unpaired) electrons. The molecule has 0 saturated heterocycles. The van der Waals surface area contributed by atoms with Gasteiger partial charge < -0.3 is 9.47 Å². The van der Waals surface area contributed by atoms with Crippen LogP contribution in [-0.4, -0.2) is 4.57 Å². The molecule has 0 N–H and O–H groups in total. The lowest BCUT2D eigenvalue weighted by molar-refractivity contribution is 1.18. The van der Waals surface area contributed by atoms with Gasteiger partial charge in [0.2, 0.25) is 0 Å². The van der Waals surface area contributed by atoms with Crippen LogP contribution in [0.5, 0.6) is 0 Å². The van der Waals surface area contributed by atoms with Crippen LogP contribution in [0.25, 0.3) is 93.5 Å². The first-order valence-electron chi connectivity index (χ1n) is 22.0. The second-order valence-corrected chi connectivity index (χ2v) is 16.5. The highest BCUT2D eigenvalue weighted by molar-refractivity contribution is 6.21. The molecule has 2 nitrogen and oxygen atoms in total. The Bertz CT molecular complexity index is 3570. The normalized spacial score (nSPS) is 11.4. The maximum absolute atomic E-state index is 2.40. The predicted molar refractivity (Wildman–Crippen MR) is 272 cm³/mol.